The fourth-order valence-electron chi connectivity index (χ4n) is 2.18. The molecule has 1 aromatic heterocycles. The van der Waals surface area contributed by atoms with E-state index in [2.05, 4.69) is 10.5 Å². The van der Waals surface area contributed by atoms with Crippen molar-refractivity contribution in [1.82, 2.24) is 10.5 Å². The SMILES string of the molecule is Clc1c(OC2CCCNC2)noc1-c1ccccc1. The minimum absolute atomic E-state index is 0.111. The number of nitrogens with one attached hydrogen (secondary N) is 1. The van der Waals surface area contributed by atoms with Crippen molar-refractivity contribution >= 4 is 11.6 Å². The van der Waals surface area contributed by atoms with Crippen LogP contribution in [0.1, 0.15) is 12.8 Å². The molecule has 1 aliphatic heterocycles. The molecule has 1 aliphatic rings. The molecule has 1 fully saturated rings. The molecular weight excluding hydrogens is 264 g/mol. The van der Waals surface area contributed by atoms with Crippen LogP contribution in [0.25, 0.3) is 11.3 Å². The Kier molecular flexibility index (Phi) is 3.71. The molecule has 0 bridgehead atoms. The maximum atomic E-state index is 6.28. The third-order valence-electron chi connectivity index (χ3n) is 3.17. The smallest absolute Gasteiger partial charge is 0.274 e. The van der Waals surface area contributed by atoms with Crippen molar-refractivity contribution in [2.45, 2.75) is 18.9 Å². The normalized spacial score (nSPS) is 19.3. The van der Waals surface area contributed by atoms with E-state index in [-0.39, 0.29) is 6.10 Å². The number of ether oxygens (including phenoxy) is 1. The van der Waals surface area contributed by atoms with Crippen LogP contribution in [-0.2, 0) is 0 Å². The van der Waals surface area contributed by atoms with Gasteiger partial charge in [-0.25, -0.2) is 0 Å². The molecule has 19 heavy (non-hydrogen) atoms. The van der Waals surface area contributed by atoms with Gasteiger partial charge in [-0.1, -0.05) is 41.9 Å². The highest BCUT2D eigenvalue weighted by Gasteiger charge is 2.21. The molecule has 100 valence electrons. The molecule has 5 heteroatoms. The predicted octanol–water partition coefficient (Wildman–Crippen LogP) is 3.13. The number of rotatable bonds is 3. The average Bonchev–Trinajstić information content (AvgIpc) is 2.82. The first kappa shape index (κ1) is 12.5. The Hall–Kier alpha value is -1.52. The third kappa shape index (κ3) is 2.74. The van der Waals surface area contributed by atoms with Crippen molar-refractivity contribution in [3.05, 3.63) is 35.4 Å². The summed E-state index contributed by atoms with van der Waals surface area (Å²) in [6, 6.07) is 9.66. The van der Waals surface area contributed by atoms with Crippen molar-refractivity contribution in [2.24, 2.45) is 0 Å². The Labute approximate surface area is 116 Å². The lowest BCUT2D eigenvalue weighted by molar-refractivity contribution is 0.153. The first-order valence-electron chi connectivity index (χ1n) is 6.42. The van der Waals surface area contributed by atoms with E-state index in [1.54, 1.807) is 0 Å². The van der Waals surface area contributed by atoms with Gasteiger partial charge in [0.2, 0.25) is 0 Å². The summed E-state index contributed by atoms with van der Waals surface area (Å²) in [6.45, 7) is 1.87. The summed E-state index contributed by atoms with van der Waals surface area (Å²) in [7, 11) is 0. The van der Waals surface area contributed by atoms with Gasteiger partial charge in [-0.15, -0.1) is 0 Å². The highest BCUT2D eigenvalue weighted by molar-refractivity contribution is 6.34. The molecule has 4 nitrogen and oxygen atoms in total. The Morgan fingerprint density at radius 3 is 2.89 bits per heavy atom. The molecule has 1 saturated heterocycles. The number of nitrogens with zero attached hydrogens (tertiary/aromatic N) is 1. The van der Waals surface area contributed by atoms with E-state index < -0.39 is 0 Å². The van der Waals surface area contributed by atoms with Crippen LogP contribution in [0.2, 0.25) is 5.02 Å². The van der Waals surface area contributed by atoms with Crippen LogP contribution in [0.4, 0.5) is 0 Å². The largest absolute Gasteiger partial charge is 0.470 e. The fraction of sp³-hybridized carbons (Fsp3) is 0.357. The topological polar surface area (TPSA) is 47.3 Å². The van der Waals surface area contributed by atoms with Crippen molar-refractivity contribution in [3.8, 4) is 17.2 Å². The minimum atomic E-state index is 0.111. The first-order valence-corrected chi connectivity index (χ1v) is 6.80. The number of aromatic nitrogens is 1. The highest BCUT2D eigenvalue weighted by Crippen LogP contribution is 2.35. The molecule has 2 heterocycles. The van der Waals surface area contributed by atoms with Gasteiger partial charge in [0, 0.05) is 12.1 Å². The Morgan fingerprint density at radius 1 is 1.32 bits per heavy atom. The number of halogens is 1. The summed E-state index contributed by atoms with van der Waals surface area (Å²) >= 11 is 6.28. The molecule has 0 saturated carbocycles. The summed E-state index contributed by atoms with van der Waals surface area (Å²) in [6.07, 6.45) is 2.22. The van der Waals surface area contributed by atoms with E-state index in [0.717, 1.165) is 31.5 Å². The van der Waals surface area contributed by atoms with E-state index >= 15 is 0 Å². The fourth-order valence-corrected chi connectivity index (χ4v) is 2.41. The zero-order chi connectivity index (χ0) is 13.1. The molecule has 1 unspecified atom stereocenters. The maximum Gasteiger partial charge on any atom is 0.274 e. The van der Waals surface area contributed by atoms with E-state index in [0.29, 0.717) is 16.7 Å². The van der Waals surface area contributed by atoms with E-state index in [1.807, 2.05) is 30.3 Å². The lowest BCUT2D eigenvalue weighted by Gasteiger charge is -2.22. The summed E-state index contributed by atoms with van der Waals surface area (Å²) in [5.41, 5.74) is 0.900. The monoisotopic (exact) mass is 278 g/mol. The van der Waals surface area contributed by atoms with Crippen LogP contribution in [0.15, 0.2) is 34.9 Å². The summed E-state index contributed by atoms with van der Waals surface area (Å²) in [5, 5.41) is 7.66. The van der Waals surface area contributed by atoms with Crippen LogP contribution >= 0.6 is 11.6 Å². The maximum absolute atomic E-state index is 6.28. The quantitative estimate of drug-likeness (QED) is 0.937. The van der Waals surface area contributed by atoms with Crippen molar-refractivity contribution in [1.29, 1.82) is 0 Å². The Balaban J connectivity index is 1.79. The number of hydrogen-bond donors (Lipinski definition) is 1. The third-order valence-corrected chi connectivity index (χ3v) is 3.51. The molecule has 1 atom stereocenters. The first-order chi connectivity index (χ1) is 9.34. The van der Waals surface area contributed by atoms with E-state index in [1.165, 1.54) is 0 Å². The van der Waals surface area contributed by atoms with Crippen molar-refractivity contribution in [3.63, 3.8) is 0 Å². The predicted molar refractivity (Wildman–Crippen MR) is 73.5 cm³/mol. The zero-order valence-electron chi connectivity index (χ0n) is 10.4. The Morgan fingerprint density at radius 2 is 2.16 bits per heavy atom. The van der Waals surface area contributed by atoms with Gasteiger partial charge in [-0.05, 0) is 24.5 Å². The van der Waals surface area contributed by atoms with Crippen LogP contribution in [0, 0.1) is 0 Å². The number of benzene rings is 1. The summed E-state index contributed by atoms with van der Waals surface area (Å²) < 4.78 is 11.1. The molecule has 3 rings (SSSR count). The van der Waals surface area contributed by atoms with E-state index in [9.17, 15) is 0 Å². The van der Waals surface area contributed by atoms with Crippen molar-refractivity contribution in [2.75, 3.05) is 13.1 Å². The molecule has 0 radical (unpaired) electrons. The second-order valence-corrected chi connectivity index (χ2v) is 4.96. The molecule has 1 aromatic carbocycles. The van der Waals surface area contributed by atoms with Crippen LogP contribution in [0.5, 0.6) is 5.88 Å². The molecule has 0 aliphatic carbocycles. The molecule has 0 spiro atoms. The minimum Gasteiger partial charge on any atom is -0.470 e. The van der Waals surface area contributed by atoms with Crippen LogP contribution < -0.4 is 10.1 Å². The average molecular weight is 279 g/mol. The lowest BCUT2D eigenvalue weighted by Crippen LogP contribution is -2.37. The summed E-state index contributed by atoms with van der Waals surface area (Å²) in [5.74, 6) is 0.940. The summed E-state index contributed by atoms with van der Waals surface area (Å²) in [4.78, 5) is 0. The Bertz CT molecular complexity index is 536. The van der Waals surface area contributed by atoms with Gasteiger partial charge in [-0.2, -0.15) is 0 Å². The van der Waals surface area contributed by atoms with Gasteiger partial charge in [0.25, 0.3) is 5.88 Å². The van der Waals surface area contributed by atoms with Gasteiger partial charge < -0.3 is 14.6 Å². The highest BCUT2D eigenvalue weighted by atomic mass is 35.5. The second kappa shape index (κ2) is 5.63. The molecule has 1 N–H and O–H groups in total. The zero-order valence-corrected chi connectivity index (χ0v) is 11.2. The van der Waals surface area contributed by atoms with Gasteiger partial charge in [-0.3, -0.25) is 0 Å². The van der Waals surface area contributed by atoms with Crippen LogP contribution in [-0.4, -0.2) is 24.4 Å². The van der Waals surface area contributed by atoms with E-state index in [4.69, 9.17) is 20.9 Å². The molecule has 0 amide bonds. The molecule has 2 aromatic rings. The number of piperidine rings is 1. The lowest BCUT2D eigenvalue weighted by atomic mass is 10.1. The van der Waals surface area contributed by atoms with Gasteiger partial charge in [0.1, 0.15) is 6.10 Å². The van der Waals surface area contributed by atoms with Crippen LogP contribution in [0.3, 0.4) is 0 Å². The van der Waals surface area contributed by atoms with Gasteiger partial charge in [0.15, 0.2) is 10.8 Å². The number of hydrogen-bond acceptors (Lipinski definition) is 4. The van der Waals surface area contributed by atoms with Crippen molar-refractivity contribution < 1.29 is 9.26 Å². The van der Waals surface area contributed by atoms with Gasteiger partial charge >= 0.3 is 0 Å². The van der Waals surface area contributed by atoms with Gasteiger partial charge in [0.05, 0.1) is 0 Å². The molecular formula is C14H15ClN2O2. The standard InChI is InChI=1S/C14H15ClN2O2/c15-12-13(10-5-2-1-3-6-10)19-17-14(12)18-11-7-4-8-16-9-11/h1-3,5-6,11,16H,4,7-9H2. The second-order valence-electron chi connectivity index (χ2n) is 4.58.